The lowest BCUT2D eigenvalue weighted by atomic mass is 9.34. The van der Waals surface area contributed by atoms with E-state index >= 15 is 0 Å². The fraction of sp³-hybridized carbons (Fsp3) is 0.297. The second-order valence-electron chi connectivity index (χ2n) is 25.7. The Kier molecular flexibility index (Phi) is 14.7. The van der Waals surface area contributed by atoms with Crippen LogP contribution in [0.4, 0.5) is 11.4 Å². The standard InChI is InChI=1S/C74H76BN4P/c1-12-14-15-16-20-27-59(50-24-18-17-19-25-50)64(22-13-2)79-67-40-52(51-26-21-23-48(36-51)46-76)28-32-62(67)75-63-33-29-53(54-37-49(47-77)38-57(39-54)74(9,10)11)41-69(63)80-70-45-58(44-68(79)71(70)75)78-65-34-30-55(72(3,4)5)42-60(65)61-43-56(73(6,7)8)31-35-66(61)78/h12,14,17-19,21,23-24,26-45,50,64,80H,13,15-16,20,22,25H2,1-11H3/b14-12+,59-27-. The SMILES string of the molecule is C/C=C/CCC/C=C(/C1C=CC=CC1)C(CCC)N1c2cc(-c3cccc(C#N)c3)ccc2B2c3ccc(-c4cc(C#N)cc(C(C)(C)C)c4)cc3Pc3cc(-n4c5ccc(C(C)(C)C)cc5c5cc(C(C)(C)C)ccc54)cc1c32. The number of nitriles is 2. The predicted octanol–water partition coefficient (Wildman–Crippen LogP) is 16.6. The number of anilines is 2. The van der Waals surface area contributed by atoms with Crippen LogP contribution in [0, 0.1) is 28.6 Å². The zero-order chi connectivity index (χ0) is 56.3. The summed E-state index contributed by atoms with van der Waals surface area (Å²) in [6.45, 7) is 25.1. The summed E-state index contributed by atoms with van der Waals surface area (Å²) in [5, 5.41) is 25.8. The summed E-state index contributed by atoms with van der Waals surface area (Å²) in [7, 11) is 0.391. The zero-order valence-corrected chi connectivity index (χ0v) is 49.9. The van der Waals surface area contributed by atoms with Gasteiger partial charge in [0.25, 0.3) is 0 Å². The molecule has 2 aliphatic heterocycles. The molecule has 6 heteroatoms. The van der Waals surface area contributed by atoms with E-state index in [-0.39, 0.29) is 34.9 Å². The van der Waals surface area contributed by atoms with Gasteiger partial charge >= 0.3 is 0 Å². The number of allylic oxidation sites excluding steroid dienone is 7. The molecule has 0 saturated carbocycles. The maximum Gasteiger partial charge on any atom is 0.248 e. The molecule has 0 saturated heterocycles. The van der Waals surface area contributed by atoms with E-state index in [4.69, 9.17) is 0 Å². The van der Waals surface area contributed by atoms with Crippen molar-refractivity contribution in [3.63, 3.8) is 0 Å². The Morgan fingerprint density at radius 1 is 0.650 bits per heavy atom. The molecule has 0 spiro atoms. The topological polar surface area (TPSA) is 55.8 Å². The lowest BCUT2D eigenvalue weighted by Crippen LogP contribution is -2.67. The van der Waals surface area contributed by atoms with Gasteiger partial charge in [0.2, 0.25) is 6.71 Å². The lowest BCUT2D eigenvalue weighted by Gasteiger charge is -2.46. The third-order valence-electron chi connectivity index (χ3n) is 17.1. The summed E-state index contributed by atoms with van der Waals surface area (Å²) in [4.78, 5) is 2.80. The molecule has 0 bridgehead atoms. The maximum atomic E-state index is 10.3. The van der Waals surface area contributed by atoms with Crippen molar-refractivity contribution in [3.05, 3.63) is 203 Å². The molecule has 400 valence electrons. The van der Waals surface area contributed by atoms with Gasteiger partial charge < -0.3 is 9.47 Å². The van der Waals surface area contributed by atoms with Crippen LogP contribution in [0.2, 0.25) is 0 Å². The summed E-state index contributed by atoms with van der Waals surface area (Å²) in [6, 6.07) is 53.4. The molecule has 4 nitrogen and oxygen atoms in total. The zero-order valence-electron chi connectivity index (χ0n) is 48.9. The Morgan fingerprint density at radius 2 is 1.31 bits per heavy atom. The number of aromatic nitrogens is 1. The van der Waals surface area contributed by atoms with Gasteiger partial charge in [0.1, 0.15) is 0 Å². The van der Waals surface area contributed by atoms with Crippen LogP contribution in [-0.4, -0.2) is 17.3 Å². The molecular formula is C74H76BN4P. The second kappa shape index (κ2) is 21.6. The first-order chi connectivity index (χ1) is 38.4. The molecule has 0 fully saturated rings. The van der Waals surface area contributed by atoms with Gasteiger partial charge in [0.15, 0.2) is 0 Å². The van der Waals surface area contributed by atoms with Gasteiger partial charge in [-0.3, -0.25) is 0 Å². The van der Waals surface area contributed by atoms with Crippen molar-refractivity contribution in [2.75, 3.05) is 4.90 Å². The van der Waals surface area contributed by atoms with Gasteiger partial charge in [-0.1, -0.05) is 187 Å². The number of rotatable bonds is 12. The Hall–Kier alpha value is -7.43. The van der Waals surface area contributed by atoms with Gasteiger partial charge in [0, 0.05) is 33.8 Å². The molecule has 0 radical (unpaired) electrons. The van der Waals surface area contributed by atoms with Crippen LogP contribution in [-0.2, 0) is 16.2 Å². The first kappa shape index (κ1) is 54.5. The van der Waals surface area contributed by atoms with Crippen molar-refractivity contribution in [3.8, 4) is 40.1 Å². The summed E-state index contributed by atoms with van der Waals surface area (Å²) in [5.41, 5.74) is 21.0. The van der Waals surface area contributed by atoms with E-state index < -0.39 is 0 Å². The number of hydrogen-bond acceptors (Lipinski definition) is 3. The fourth-order valence-corrected chi connectivity index (χ4v) is 14.3. The van der Waals surface area contributed by atoms with Crippen molar-refractivity contribution in [1.29, 1.82) is 10.5 Å². The fourth-order valence-electron chi connectivity index (χ4n) is 12.8. The Labute approximate surface area is 479 Å². The molecule has 0 amide bonds. The highest BCUT2D eigenvalue weighted by Gasteiger charge is 2.44. The van der Waals surface area contributed by atoms with Gasteiger partial charge in [-0.15, -0.1) is 0 Å². The molecule has 1 aromatic heterocycles. The molecule has 3 heterocycles. The maximum absolute atomic E-state index is 10.3. The van der Waals surface area contributed by atoms with E-state index in [1.807, 2.05) is 18.2 Å². The first-order valence-electron chi connectivity index (χ1n) is 29.2. The molecular weight excluding hydrogens is 987 g/mol. The van der Waals surface area contributed by atoms with Crippen molar-refractivity contribution in [1.82, 2.24) is 4.57 Å². The molecule has 80 heavy (non-hydrogen) atoms. The minimum Gasteiger partial charge on any atom is -0.335 e. The average molecular weight is 1060 g/mol. The van der Waals surface area contributed by atoms with E-state index in [1.165, 1.54) is 82.6 Å². The summed E-state index contributed by atoms with van der Waals surface area (Å²) in [5.74, 6) is 0.264. The van der Waals surface area contributed by atoms with Gasteiger partial charge in [-0.05, 0) is 194 Å². The quantitative estimate of drug-likeness (QED) is 0.0530. The molecule has 8 aromatic rings. The smallest absolute Gasteiger partial charge is 0.248 e. The van der Waals surface area contributed by atoms with Gasteiger partial charge in [0.05, 0.1) is 40.3 Å². The predicted molar refractivity (Wildman–Crippen MR) is 346 cm³/mol. The van der Waals surface area contributed by atoms with Crippen LogP contribution in [0.15, 0.2) is 175 Å². The van der Waals surface area contributed by atoms with Gasteiger partial charge in [-0.25, -0.2) is 0 Å². The van der Waals surface area contributed by atoms with E-state index in [0.717, 1.165) is 66.3 Å². The Bertz CT molecular complexity index is 3890. The highest BCUT2D eigenvalue weighted by atomic mass is 31.1. The highest BCUT2D eigenvalue weighted by molar-refractivity contribution is 7.58. The Morgan fingerprint density at radius 3 is 1.95 bits per heavy atom. The summed E-state index contributed by atoms with van der Waals surface area (Å²) < 4.78 is 2.58. The van der Waals surface area contributed by atoms with E-state index in [2.05, 4.69) is 249 Å². The van der Waals surface area contributed by atoms with E-state index in [1.54, 1.807) is 0 Å². The minimum absolute atomic E-state index is 0.0228. The van der Waals surface area contributed by atoms with Crippen LogP contribution in [0.5, 0.6) is 0 Å². The van der Waals surface area contributed by atoms with E-state index in [9.17, 15) is 10.5 Å². The number of fused-ring (bicyclic) bond motifs is 7. The normalized spacial score (nSPS) is 15.8. The molecule has 11 rings (SSSR count). The number of benzene rings is 7. The van der Waals surface area contributed by atoms with Crippen molar-refractivity contribution < 1.29 is 0 Å². The Balaban J connectivity index is 1.23. The minimum atomic E-state index is -0.119. The second-order valence-corrected chi connectivity index (χ2v) is 27.1. The summed E-state index contributed by atoms with van der Waals surface area (Å²) in [6.07, 6.45) is 22.5. The monoisotopic (exact) mass is 1060 g/mol. The first-order valence-corrected chi connectivity index (χ1v) is 30.2. The molecule has 3 atom stereocenters. The van der Waals surface area contributed by atoms with Crippen LogP contribution in [0.3, 0.4) is 0 Å². The van der Waals surface area contributed by atoms with Gasteiger partial charge in [-0.2, -0.15) is 10.5 Å². The third kappa shape index (κ3) is 10.2. The summed E-state index contributed by atoms with van der Waals surface area (Å²) >= 11 is 0. The van der Waals surface area contributed by atoms with Crippen molar-refractivity contribution >= 4 is 75.5 Å². The average Bonchev–Trinajstić information content (AvgIpc) is 2.10. The lowest BCUT2D eigenvalue weighted by molar-refractivity contribution is 0.585. The largest absolute Gasteiger partial charge is 0.335 e. The highest BCUT2D eigenvalue weighted by Crippen LogP contribution is 2.44. The van der Waals surface area contributed by atoms with Crippen LogP contribution in [0.25, 0.3) is 49.7 Å². The molecule has 3 aliphatic rings. The van der Waals surface area contributed by atoms with Crippen LogP contribution in [0.1, 0.15) is 143 Å². The van der Waals surface area contributed by atoms with Crippen LogP contribution < -0.4 is 31.9 Å². The molecule has 3 unspecified atom stereocenters. The number of hydrogen-bond donors (Lipinski definition) is 0. The van der Waals surface area contributed by atoms with E-state index in [0.29, 0.717) is 19.7 Å². The van der Waals surface area contributed by atoms with Crippen LogP contribution >= 0.6 is 8.58 Å². The third-order valence-corrected chi connectivity index (χ3v) is 18.5. The number of unbranched alkanes of at least 4 members (excludes halogenated alkanes) is 2. The van der Waals surface area contributed by atoms with Crippen molar-refractivity contribution in [2.24, 2.45) is 5.92 Å². The molecule has 0 N–H and O–H groups in total. The van der Waals surface area contributed by atoms with Crippen molar-refractivity contribution in [2.45, 2.75) is 137 Å². The molecule has 1 aliphatic carbocycles. The number of nitrogens with zero attached hydrogens (tertiary/aromatic N) is 4. The molecule has 7 aromatic carbocycles.